The molecule has 114 valence electrons. The van der Waals surface area contributed by atoms with E-state index in [1.807, 2.05) is 12.1 Å². The summed E-state index contributed by atoms with van der Waals surface area (Å²) < 4.78 is 0.908. The molecule has 0 unspecified atom stereocenters. The summed E-state index contributed by atoms with van der Waals surface area (Å²) in [6.07, 6.45) is 5.53. The lowest BCUT2D eigenvalue weighted by molar-refractivity contribution is 0.187. The van der Waals surface area contributed by atoms with Gasteiger partial charge in [-0.3, -0.25) is 10.3 Å². The van der Waals surface area contributed by atoms with Crippen LogP contribution in [0.2, 0.25) is 0 Å². The molecule has 1 aliphatic carbocycles. The topological polar surface area (TPSA) is 56.4 Å². The second-order valence-electron chi connectivity index (χ2n) is 6.01. The molecule has 0 radical (unpaired) electrons. The predicted molar refractivity (Wildman–Crippen MR) is 91.2 cm³/mol. The maximum absolute atomic E-state index is 7.82. The van der Waals surface area contributed by atoms with Crippen molar-refractivity contribution in [3.8, 4) is 0 Å². The highest BCUT2D eigenvalue weighted by molar-refractivity contribution is 9.10. The van der Waals surface area contributed by atoms with Crippen LogP contribution in [0.3, 0.4) is 0 Å². The molecule has 1 aromatic carbocycles. The monoisotopic (exact) mass is 350 g/mol. The average Bonchev–Trinajstić information content (AvgIpc) is 3.01. The molecule has 2 aliphatic rings. The van der Waals surface area contributed by atoms with Crippen molar-refractivity contribution in [2.45, 2.75) is 31.7 Å². The van der Waals surface area contributed by atoms with Crippen LogP contribution >= 0.6 is 15.9 Å². The van der Waals surface area contributed by atoms with E-state index < -0.39 is 0 Å². The number of amidine groups is 1. The second kappa shape index (κ2) is 6.36. The largest absolute Gasteiger partial charge is 0.384 e. The van der Waals surface area contributed by atoms with Crippen molar-refractivity contribution in [2.24, 2.45) is 5.73 Å². The van der Waals surface area contributed by atoms with Gasteiger partial charge in [0.25, 0.3) is 0 Å². The van der Waals surface area contributed by atoms with Gasteiger partial charge in [0.15, 0.2) is 0 Å². The number of benzene rings is 1. The Hall–Kier alpha value is -1.07. The summed E-state index contributed by atoms with van der Waals surface area (Å²) in [5.41, 5.74) is 7.68. The quantitative estimate of drug-likeness (QED) is 0.650. The van der Waals surface area contributed by atoms with Gasteiger partial charge in [-0.05, 0) is 40.9 Å². The summed E-state index contributed by atoms with van der Waals surface area (Å²) in [6.45, 7) is 4.28. The molecule has 3 rings (SSSR count). The predicted octanol–water partition coefficient (Wildman–Crippen LogP) is 2.80. The highest BCUT2D eigenvalue weighted by Gasteiger charge is 2.27. The summed E-state index contributed by atoms with van der Waals surface area (Å²) in [5, 5.41) is 7.82. The fourth-order valence-electron chi connectivity index (χ4n) is 3.64. The van der Waals surface area contributed by atoms with E-state index in [1.54, 1.807) is 0 Å². The van der Waals surface area contributed by atoms with Crippen molar-refractivity contribution in [3.63, 3.8) is 0 Å². The van der Waals surface area contributed by atoms with E-state index in [0.717, 1.165) is 47.9 Å². The minimum Gasteiger partial charge on any atom is -0.384 e. The number of nitrogens with two attached hydrogens (primary N) is 1. The first-order chi connectivity index (χ1) is 10.2. The molecule has 1 heterocycles. The van der Waals surface area contributed by atoms with Gasteiger partial charge in [0.05, 0.1) is 5.56 Å². The molecule has 1 aliphatic heterocycles. The van der Waals surface area contributed by atoms with Crippen molar-refractivity contribution in [2.75, 3.05) is 31.1 Å². The first kappa shape index (κ1) is 14.9. The van der Waals surface area contributed by atoms with Gasteiger partial charge < -0.3 is 10.6 Å². The number of rotatable bonds is 3. The normalized spacial score (nSPS) is 20.9. The van der Waals surface area contributed by atoms with Crippen LogP contribution in [0.15, 0.2) is 22.7 Å². The van der Waals surface area contributed by atoms with Crippen molar-refractivity contribution < 1.29 is 0 Å². The Kier molecular flexibility index (Phi) is 4.50. The lowest BCUT2D eigenvalue weighted by Crippen LogP contribution is -2.50. The summed E-state index contributed by atoms with van der Waals surface area (Å²) in [4.78, 5) is 5.02. The zero-order valence-electron chi connectivity index (χ0n) is 12.3. The average molecular weight is 351 g/mol. The number of halogens is 1. The number of nitrogen functional groups attached to an aromatic ring is 1. The highest BCUT2D eigenvalue weighted by Crippen LogP contribution is 2.30. The van der Waals surface area contributed by atoms with Crippen LogP contribution in [-0.4, -0.2) is 43.0 Å². The Balaban J connectivity index is 1.72. The number of nitrogens with one attached hydrogen (secondary N) is 1. The molecule has 0 atom stereocenters. The van der Waals surface area contributed by atoms with E-state index in [4.69, 9.17) is 11.1 Å². The molecule has 1 aromatic rings. The van der Waals surface area contributed by atoms with Gasteiger partial charge in [-0.25, -0.2) is 0 Å². The maximum Gasteiger partial charge on any atom is 0.126 e. The van der Waals surface area contributed by atoms with Gasteiger partial charge in [0, 0.05) is 42.4 Å². The van der Waals surface area contributed by atoms with Gasteiger partial charge in [-0.2, -0.15) is 0 Å². The number of piperazine rings is 1. The molecule has 3 N–H and O–H groups in total. The molecule has 21 heavy (non-hydrogen) atoms. The van der Waals surface area contributed by atoms with Crippen LogP contribution in [0.1, 0.15) is 31.2 Å². The zero-order chi connectivity index (χ0) is 14.8. The van der Waals surface area contributed by atoms with Crippen LogP contribution < -0.4 is 10.6 Å². The summed E-state index contributed by atoms with van der Waals surface area (Å²) in [6, 6.07) is 6.86. The van der Waals surface area contributed by atoms with E-state index in [0.29, 0.717) is 0 Å². The SMILES string of the molecule is N=C(N)c1c(Br)cccc1N1CCN(C2CCCC2)CC1. The lowest BCUT2D eigenvalue weighted by Gasteiger charge is -2.39. The molecule has 0 spiro atoms. The fourth-order valence-corrected chi connectivity index (χ4v) is 4.21. The molecule has 5 heteroatoms. The molecule has 1 saturated heterocycles. The molecule has 4 nitrogen and oxygen atoms in total. The number of anilines is 1. The third-order valence-corrected chi connectivity index (χ3v) is 5.42. The third-order valence-electron chi connectivity index (χ3n) is 4.76. The van der Waals surface area contributed by atoms with Crippen LogP contribution in [0.25, 0.3) is 0 Å². The van der Waals surface area contributed by atoms with Gasteiger partial charge in [0.1, 0.15) is 5.84 Å². The smallest absolute Gasteiger partial charge is 0.126 e. The van der Waals surface area contributed by atoms with Crippen molar-refractivity contribution in [3.05, 3.63) is 28.2 Å². The van der Waals surface area contributed by atoms with Gasteiger partial charge in [0.2, 0.25) is 0 Å². The Bertz CT molecular complexity index is 517. The van der Waals surface area contributed by atoms with Gasteiger partial charge in [-0.15, -0.1) is 0 Å². The third kappa shape index (κ3) is 3.09. The Morgan fingerprint density at radius 2 is 1.81 bits per heavy atom. The van der Waals surface area contributed by atoms with Gasteiger partial charge in [-0.1, -0.05) is 18.9 Å². The fraction of sp³-hybridized carbons (Fsp3) is 0.562. The van der Waals surface area contributed by atoms with Crippen molar-refractivity contribution in [1.29, 1.82) is 5.41 Å². The minimum atomic E-state index is 0.135. The van der Waals surface area contributed by atoms with Crippen LogP contribution in [-0.2, 0) is 0 Å². The lowest BCUT2D eigenvalue weighted by atomic mass is 10.1. The van der Waals surface area contributed by atoms with Crippen LogP contribution in [0.5, 0.6) is 0 Å². The first-order valence-corrected chi connectivity index (χ1v) is 8.58. The molecular weight excluding hydrogens is 328 g/mol. The molecular formula is C16H23BrN4. The maximum atomic E-state index is 7.82. The van der Waals surface area contributed by atoms with E-state index >= 15 is 0 Å². The van der Waals surface area contributed by atoms with E-state index in [2.05, 4.69) is 31.8 Å². The van der Waals surface area contributed by atoms with E-state index in [9.17, 15) is 0 Å². The van der Waals surface area contributed by atoms with Crippen LogP contribution in [0.4, 0.5) is 5.69 Å². The molecule has 0 bridgehead atoms. The molecule has 2 fully saturated rings. The number of nitrogens with zero attached hydrogens (tertiary/aromatic N) is 2. The number of hydrogen-bond donors (Lipinski definition) is 2. The van der Waals surface area contributed by atoms with Crippen molar-refractivity contribution in [1.82, 2.24) is 4.90 Å². The second-order valence-corrected chi connectivity index (χ2v) is 6.86. The Morgan fingerprint density at radius 3 is 2.43 bits per heavy atom. The summed E-state index contributed by atoms with van der Waals surface area (Å²) >= 11 is 3.52. The van der Waals surface area contributed by atoms with E-state index in [-0.39, 0.29) is 5.84 Å². The van der Waals surface area contributed by atoms with Crippen molar-refractivity contribution >= 4 is 27.5 Å². The molecule has 0 amide bonds. The summed E-state index contributed by atoms with van der Waals surface area (Å²) in [5.74, 6) is 0.135. The Morgan fingerprint density at radius 1 is 1.14 bits per heavy atom. The van der Waals surface area contributed by atoms with E-state index in [1.165, 1.54) is 25.7 Å². The number of hydrogen-bond acceptors (Lipinski definition) is 3. The zero-order valence-corrected chi connectivity index (χ0v) is 13.9. The molecule has 1 saturated carbocycles. The summed E-state index contributed by atoms with van der Waals surface area (Å²) in [7, 11) is 0. The van der Waals surface area contributed by atoms with Gasteiger partial charge >= 0.3 is 0 Å². The highest BCUT2D eigenvalue weighted by atomic mass is 79.9. The Labute approximate surface area is 134 Å². The molecule has 0 aromatic heterocycles. The van der Waals surface area contributed by atoms with Crippen LogP contribution in [0, 0.1) is 5.41 Å². The standard InChI is InChI=1S/C16H23BrN4/c17-13-6-3-7-14(15(13)16(18)19)21-10-8-20(9-11-21)12-4-1-2-5-12/h3,6-7,12H,1-2,4-5,8-11H2,(H3,18,19). The minimum absolute atomic E-state index is 0.135. The first-order valence-electron chi connectivity index (χ1n) is 7.78.